The second-order valence-corrected chi connectivity index (χ2v) is 12.3. The summed E-state index contributed by atoms with van der Waals surface area (Å²) in [6.45, 7) is 1.91. The Morgan fingerprint density at radius 2 is 1.29 bits per heavy atom. The molecule has 0 saturated carbocycles. The van der Waals surface area contributed by atoms with Crippen molar-refractivity contribution in [3.8, 4) is 16.9 Å². The van der Waals surface area contributed by atoms with Gasteiger partial charge in [0.2, 0.25) is 0 Å². The number of methoxy groups -OCH3 is 1. The molecule has 250 valence electrons. The fourth-order valence-electron chi connectivity index (χ4n) is 6.82. The molecule has 1 N–H and O–H groups in total. The average molecular weight is 656 g/mol. The summed E-state index contributed by atoms with van der Waals surface area (Å²) in [7, 11) is 3.05. The maximum absolute atomic E-state index is 13.5. The summed E-state index contributed by atoms with van der Waals surface area (Å²) in [6, 6.07) is 40.4. The number of carbonyl (C=O) groups is 2. The molecular weight excluding hydrogens is 614 g/mol. The van der Waals surface area contributed by atoms with Crippen molar-refractivity contribution in [2.45, 2.75) is 37.3 Å². The van der Waals surface area contributed by atoms with E-state index in [0.29, 0.717) is 5.75 Å². The molecular formula is C42H41NO6. The van der Waals surface area contributed by atoms with Gasteiger partial charge in [0, 0.05) is 13.0 Å². The first-order valence-electron chi connectivity index (χ1n) is 16.6. The van der Waals surface area contributed by atoms with Crippen molar-refractivity contribution in [3.63, 3.8) is 0 Å². The van der Waals surface area contributed by atoms with Crippen LogP contribution in [0.5, 0.6) is 5.75 Å². The average Bonchev–Trinajstić information content (AvgIpc) is 3.46. The molecule has 7 heteroatoms. The first-order chi connectivity index (χ1) is 23.9. The minimum atomic E-state index is -1.34. The molecule has 0 bridgehead atoms. The van der Waals surface area contributed by atoms with Crippen LogP contribution in [0.25, 0.3) is 11.1 Å². The number of nitrogens with zero attached hydrogens (tertiary/aromatic N) is 1. The van der Waals surface area contributed by atoms with E-state index >= 15 is 0 Å². The molecule has 7 nitrogen and oxygen atoms in total. The van der Waals surface area contributed by atoms with E-state index in [1.54, 1.807) is 7.11 Å². The molecule has 0 fully saturated rings. The maximum Gasteiger partial charge on any atom is 0.410 e. The number of hydrogen-bond acceptors (Lipinski definition) is 5. The highest BCUT2D eigenvalue weighted by Crippen LogP contribution is 2.45. The summed E-state index contributed by atoms with van der Waals surface area (Å²) in [5.41, 5.74) is 6.81. The molecule has 49 heavy (non-hydrogen) atoms. The maximum atomic E-state index is 13.5. The van der Waals surface area contributed by atoms with Gasteiger partial charge in [0.25, 0.3) is 0 Å². The van der Waals surface area contributed by atoms with Crippen LogP contribution in [0.4, 0.5) is 4.79 Å². The molecule has 5 aromatic rings. The van der Waals surface area contributed by atoms with Gasteiger partial charge in [-0.2, -0.15) is 0 Å². The monoisotopic (exact) mass is 655 g/mol. The smallest absolute Gasteiger partial charge is 0.410 e. The highest BCUT2D eigenvalue weighted by atomic mass is 16.6. The lowest BCUT2D eigenvalue weighted by atomic mass is 9.79. The summed E-state index contributed by atoms with van der Waals surface area (Å²) in [6.07, 6.45) is 1.21. The summed E-state index contributed by atoms with van der Waals surface area (Å²) >= 11 is 0. The number of benzene rings is 5. The fraction of sp³-hybridized carbons (Fsp3) is 0.238. The zero-order chi connectivity index (χ0) is 34.4. The lowest BCUT2D eigenvalue weighted by molar-refractivity contribution is -0.146. The second-order valence-electron chi connectivity index (χ2n) is 12.3. The van der Waals surface area contributed by atoms with E-state index in [1.807, 2.05) is 103 Å². The number of amides is 1. The number of ether oxygens (including phenoxy) is 3. The van der Waals surface area contributed by atoms with Crippen LogP contribution in [0.1, 0.15) is 52.6 Å². The summed E-state index contributed by atoms with van der Waals surface area (Å²) in [5.74, 6) is -0.672. The molecule has 0 saturated heterocycles. The van der Waals surface area contributed by atoms with E-state index in [1.165, 1.54) is 12.6 Å². The highest BCUT2D eigenvalue weighted by molar-refractivity contribution is 5.81. The Hall–Kier alpha value is -5.40. The number of rotatable bonds is 13. The molecule has 0 aromatic heterocycles. The van der Waals surface area contributed by atoms with Gasteiger partial charge >= 0.3 is 12.1 Å². The Morgan fingerprint density at radius 3 is 1.84 bits per heavy atom. The van der Waals surface area contributed by atoms with Crippen LogP contribution in [0.15, 0.2) is 127 Å². The third kappa shape index (κ3) is 6.67. The number of carboxylic acids is 1. The quantitative estimate of drug-likeness (QED) is 0.129. The predicted octanol–water partition coefficient (Wildman–Crippen LogP) is 8.29. The van der Waals surface area contributed by atoms with Crippen LogP contribution in [0.2, 0.25) is 0 Å². The third-order valence-corrected chi connectivity index (χ3v) is 9.41. The summed E-state index contributed by atoms with van der Waals surface area (Å²) in [4.78, 5) is 27.5. The van der Waals surface area contributed by atoms with Gasteiger partial charge in [0.15, 0.2) is 6.04 Å². The standard InChI is InChI=1S/C42H41NO6/c1-4-12-29-19-21-31(22-20-29)42(30-13-6-5-7-14-30,32-23-25-33(47-3)26-24-32)49-28-39(40(44)45)43(2)41(46)48-27-38-36-17-10-8-15-34(36)35-16-9-11-18-37(35)38/h5-11,13-26,38-39H,4,12,27-28H2,1-3H3,(H,44,45)/t39-,42?/m0/s1. The molecule has 5 aromatic carbocycles. The first kappa shape index (κ1) is 33.5. The molecule has 0 heterocycles. The van der Waals surface area contributed by atoms with Crippen molar-refractivity contribution in [2.75, 3.05) is 27.4 Å². The molecule has 0 aliphatic heterocycles. The van der Waals surface area contributed by atoms with E-state index in [-0.39, 0.29) is 19.1 Å². The number of likely N-dealkylation sites (N-methyl/N-ethyl adjacent to an activating group) is 1. The van der Waals surface area contributed by atoms with Crippen molar-refractivity contribution < 1.29 is 28.9 Å². The molecule has 1 aliphatic rings. The van der Waals surface area contributed by atoms with Crippen LogP contribution in [0.3, 0.4) is 0 Å². The number of carbonyl (C=O) groups excluding carboxylic acids is 1. The van der Waals surface area contributed by atoms with Crippen LogP contribution < -0.4 is 4.74 Å². The lowest BCUT2D eigenvalue weighted by Crippen LogP contribution is -2.48. The van der Waals surface area contributed by atoms with E-state index < -0.39 is 23.7 Å². The number of fused-ring (bicyclic) bond motifs is 3. The van der Waals surface area contributed by atoms with Gasteiger partial charge in [-0.3, -0.25) is 4.90 Å². The zero-order valence-electron chi connectivity index (χ0n) is 28.0. The minimum absolute atomic E-state index is 0.0777. The number of aliphatic carboxylic acids is 1. The zero-order valence-corrected chi connectivity index (χ0v) is 28.0. The number of aryl methyl sites for hydroxylation is 1. The van der Waals surface area contributed by atoms with Gasteiger partial charge in [0.1, 0.15) is 18.0 Å². The molecule has 1 amide bonds. The van der Waals surface area contributed by atoms with Crippen LogP contribution in [-0.4, -0.2) is 55.5 Å². The minimum Gasteiger partial charge on any atom is -0.497 e. The largest absolute Gasteiger partial charge is 0.497 e. The first-order valence-corrected chi connectivity index (χ1v) is 16.6. The van der Waals surface area contributed by atoms with Crippen LogP contribution in [-0.2, 0) is 26.3 Å². The second kappa shape index (κ2) is 14.8. The van der Waals surface area contributed by atoms with Crippen LogP contribution >= 0.6 is 0 Å². The molecule has 1 aliphatic carbocycles. The van der Waals surface area contributed by atoms with Gasteiger partial charge in [-0.15, -0.1) is 0 Å². The van der Waals surface area contributed by atoms with E-state index in [2.05, 4.69) is 31.2 Å². The third-order valence-electron chi connectivity index (χ3n) is 9.41. The molecule has 6 rings (SSSR count). The lowest BCUT2D eigenvalue weighted by Gasteiger charge is -2.37. The van der Waals surface area contributed by atoms with Gasteiger partial charge in [-0.05, 0) is 63.1 Å². The SMILES string of the molecule is CCCc1ccc(C(OC[C@@H](C(=O)O)N(C)C(=O)OCC2c3ccccc3-c3ccccc32)(c2ccccc2)c2ccc(OC)cc2)cc1. The van der Waals surface area contributed by atoms with E-state index in [4.69, 9.17) is 14.2 Å². The number of hydrogen-bond donors (Lipinski definition) is 1. The number of carboxylic acid groups (broad SMARTS) is 1. The van der Waals surface area contributed by atoms with Crippen molar-refractivity contribution in [1.82, 2.24) is 4.90 Å². The Balaban J connectivity index is 1.30. The van der Waals surface area contributed by atoms with Gasteiger partial charge in [0.05, 0.1) is 13.7 Å². The van der Waals surface area contributed by atoms with Gasteiger partial charge < -0.3 is 19.3 Å². The van der Waals surface area contributed by atoms with E-state index in [0.717, 1.165) is 56.7 Å². The van der Waals surface area contributed by atoms with Crippen molar-refractivity contribution in [1.29, 1.82) is 0 Å². The van der Waals surface area contributed by atoms with Crippen molar-refractivity contribution in [3.05, 3.63) is 161 Å². The highest BCUT2D eigenvalue weighted by Gasteiger charge is 2.41. The topological polar surface area (TPSA) is 85.3 Å². The Labute approximate surface area is 287 Å². The van der Waals surface area contributed by atoms with Crippen molar-refractivity contribution >= 4 is 12.1 Å². The Morgan fingerprint density at radius 1 is 0.755 bits per heavy atom. The molecule has 0 radical (unpaired) electrons. The molecule has 2 atom stereocenters. The van der Waals surface area contributed by atoms with Crippen LogP contribution in [0, 0.1) is 0 Å². The van der Waals surface area contributed by atoms with Gasteiger partial charge in [-0.1, -0.05) is 129 Å². The Kier molecular flexibility index (Phi) is 10.1. The normalized spacial score (nSPS) is 13.9. The summed E-state index contributed by atoms with van der Waals surface area (Å²) < 4.78 is 18.1. The predicted molar refractivity (Wildman–Crippen MR) is 190 cm³/mol. The van der Waals surface area contributed by atoms with E-state index in [9.17, 15) is 14.7 Å². The molecule has 0 spiro atoms. The fourth-order valence-corrected chi connectivity index (χ4v) is 6.82. The summed E-state index contributed by atoms with van der Waals surface area (Å²) in [5, 5.41) is 10.5. The Bertz CT molecular complexity index is 1840. The van der Waals surface area contributed by atoms with Gasteiger partial charge in [-0.25, -0.2) is 9.59 Å². The van der Waals surface area contributed by atoms with Crippen molar-refractivity contribution in [2.24, 2.45) is 0 Å². The molecule has 1 unspecified atom stereocenters.